The first-order valence-corrected chi connectivity index (χ1v) is 10.6. The molecule has 4 heterocycles. The van der Waals surface area contributed by atoms with Crippen LogP contribution in [-0.4, -0.2) is 53.0 Å². The van der Waals surface area contributed by atoms with Crippen LogP contribution in [0.15, 0.2) is 21.9 Å². The quantitative estimate of drug-likeness (QED) is 0.583. The summed E-state index contributed by atoms with van der Waals surface area (Å²) < 4.78 is 82.4. The molecule has 1 aliphatic carbocycles. The number of nitrogens with zero attached hydrogens (tertiary/aromatic N) is 3. The van der Waals surface area contributed by atoms with E-state index in [1.165, 1.54) is 19.9 Å². The Labute approximate surface area is 193 Å². The predicted molar refractivity (Wildman–Crippen MR) is 106 cm³/mol. The summed E-state index contributed by atoms with van der Waals surface area (Å²) in [6.07, 6.45) is -8.70. The van der Waals surface area contributed by atoms with E-state index in [-0.39, 0.29) is 40.5 Å². The number of ether oxygens (including phenoxy) is 1. The first kappa shape index (κ1) is 21.9. The number of amides is 3. The zero-order valence-corrected chi connectivity index (χ0v) is 18.1. The van der Waals surface area contributed by atoms with Crippen LogP contribution in [0.3, 0.4) is 0 Å². The summed E-state index contributed by atoms with van der Waals surface area (Å²) in [5.41, 5.74) is -2.01. The molecule has 2 N–H and O–H groups in total. The van der Waals surface area contributed by atoms with Gasteiger partial charge in [-0.25, -0.2) is 13.6 Å². The number of rotatable bonds is 1. The Kier molecular flexibility index (Phi) is 4.25. The highest BCUT2D eigenvalue weighted by atomic mass is 19.4. The summed E-state index contributed by atoms with van der Waals surface area (Å²) in [4.78, 5) is 30.3. The van der Waals surface area contributed by atoms with Gasteiger partial charge in [0.2, 0.25) is 17.6 Å². The van der Waals surface area contributed by atoms with Crippen molar-refractivity contribution in [1.82, 2.24) is 20.8 Å². The van der Waals surface area contributed by atoms with Gasteiger partial charge in [0.15, 0.2) is 17.7 Å². The number of benzene rings is 1. The monoisotopic (exact) mass is 497 g/mol. The molecule has 184 valence electrons. The van der Waals surface area contributed by atoms with Crippen molar-refractivity contribution >= 4 is 17.6 Å². The number of nitrogens with one attached hydrogen (secondary N) is 2. The maximum Gasteiger partial charge on any atom is 0.416 e. The molecule has 0 saturated carbocycles. The van der Waals surface area contributed by atoms with E-state index in [4.69, 9.17) is 9.26 Å². The van der Waals surface area contributed by atoms with Gasteiger partial charge < -0.3 is 19.5 Å². The lowest BCUT2D eigenvalue weighted by molar-refractivity contribution is -0.237. The third-order valence-electron chi connectivity index (χ3n) is 7.09. The number of carbonyl (C=O) groups excluding carboxylic acids is 2. The highest BCUT2D eigenvalue weighted by Gasteiger charge is 2.68. The Hall–Kier alpha value is -3.55. The topological polar surface area (TPSA) is 110 Å². The summed E-state index contributed by atoms with van der Waals surface area (Å²) >= 11 is 0. The number of hydrogen-bond donors (Lipinski definition) is 2. The molecule has 4 atom stereocenters. The van der Waals surface area contributed by atoms with E-state index in [0.29, 0.717) is 0 Å². The van der Waals surface area contributed by atoms with Crippen LogP contribution in [0, 0.1) is 24.0 Å². The minimum Gasteiger partial charge on any atom is -0.358 e. The molecule has 1 spiro atoms. The lowest BCUT2D eigenvalue weighted by atomic mass is 9.69. The Bertz CT molecular complexity index is 1350. The van der Waals surface area contributed by atoms with Crippen LogP contribution in [0.2, 0.25) is 0 Å². The number of aromatic nitrogens is 2. The van der Waals surface area contributed by atoms with Crippen LogP contribution in [0.4, 0.5) is 32.4 Å². The summed E-state index contributed by atoms with van der Waals surface area (Å²) in [7, 11) is 0. The van der Waals surface area contributed by atoms with Gasteiger partial charge in [-0.3, -0.25) is 10.1 Å². The number of alkyl halides is 3. The number of urea groups is 1. The predicted octanol–water partition coefficient (Wildman–Crippen LogP) is 2.50. The largest absolute Gasteiger partial charge is 0.416 e. The van der Waals surface area contributed by atoms with Gasteiger partial charge in [-0.1, -0.05) is 5.16 Å². The van der Waals surface area contributed by atoms with Crippen LogP contribution in [0.5, 0.6) is 0 Å². The van der Waals surface area contributed by atoms with Gasteiger partial charge in [-0.05, 0) is 30.5 Å². The lowest BCUT2D eigenvalue weighted by Gasteiger charge is -2.54. The van der Waals surface area contributed by atoms with Gasteiger partial charge in [0.1, 0.15) is 11.5 Å². The van der Waals surface area contributed by atoms with E-state index < -0.39 is 65.6 Å². The maximum atomic E-state index is 15.6. The molecule has 2 fully saturated rings. The van der Waals surface area contributed by atoms with E-state index in [1.807, 2.05) is 0 Å². The Morgan fingerprint density at radius 2 is 1.91 bits per heavy atom. The molecule has 0 radical (unpaired) electrons. The lowest BCUT2D eigenvalue weighted by Crippen LogP contribution is -2.70. The number of morpholine rings is 1. The summed E-state index contributed by atoms with van der Waals surface area (Å²) in [6, 6.07) is -0.784. The Morgan fingerprint density at radius 3 is 2.57 bits per heavy atom. The van der Waals surface area contributed by atoms with Crippen LogP contribution in [-0.2, 0) is 16.0 Å². The molecule has 4 aliphatic rings. The van der Waals surface area contributed by atoms with Crippen molar-refractivity contribution in [2.75, 3.05) is 11.4 Å². The normalized spacial score (nSPS) is 29.5. The van der Waals surface area contributed by atoms with E-state index in [9.17, 15) is 22.8 Å². The molecule has 0 bridgehead atoms. The van der Waals surface area contributed by atoms with Crippen LogP contribution in [0.25, 0.3) is 11.4 Å². The second-order valence-corrected chi connectivity index (χ2v) is 9.00. The number of aryl methyl sites for hydroxylation is 1. The fourth-order valence-electron chi connectivity index (χ4n) is 5.74. The van der Waals surface area contributed by atoms with Crippen molar-refractivity contribution in [1.29, 1.82) is 0 Å². The second kappa shape index (κ2) is 6.77. The molecule has 2 aromatic rings. The third-order valence-corrected chi connectivity index (χ3v) is 7.09. The first-order valence-electron chi connectivity index (χ1n) is 10.6. The highest BCUT2D eigenvalue weighted by molar-refractivity contribution is 6.05. The van der Waals surface area contributed by atoms with Gasteiger partial charge in [0.05, 0.1) is 23.8 Å². The number of halogens is 5. The standard InChI is InChI=1S/C21H16F5N5O4/c1-6-14-16-20(15(6)28-19(33)29-18(20)32)4-8-3-9(17-27-7(2)35-30-17)11(22)12(23)13(8)31(16)5-10(34-14)21(24,25)26/h3,10,14,16H,4-5H2,1-2H3,(H2,28,29,32,33)/t10-,14-,16+,20-/m0/s1. The van der Waals surface area contributed by atoms with E-state index >= 15 is 8.78 Å². The number of carbonyl (C=O) groups is 2. The number of imide groups is 1. The van der Waals surface area contributed by atoms with E-state index in [2.05, 4.69) is 20.8 Å². The number of hydrogen-bond acceptors (Lipinski definition) is 7. The van der Waals surface area contributed by atoms with Gasteiger partial charge in [0.25, 0.3) is 0 Å². The molecule has 35 heavy (non-hydrogen) atoms. The van der Waals surface area contributed by atoms with Crippen molar-refractivity contribution in [3.63, 3.8) is 0 Å². The molecule has 1 aromatic heterocycles. The molecular formula is C21H16F5N5O4. The van der Waals surface area contributed by atoms with Gasteiger partial charge in [-0.15, -0.1) is 0 Å². The van der Waals surface area contributed by atoms with Crippen molar-refractivity contribution < 1.29 is 40.8 Å². The minimum atomic E-state index is -4.82. The minimum absolute atomic E-state index is 0.0534. The van der Waals surface area contributed by atoms with Crippen molar-refractivity contribution in [3.05, 3.63) is 40.4 Å². The van der Waals surface area contributed by atoms with Crippen molar-refractivity contribution in [2.24, 2.45) is 5.41 Å². The molecule has 3 amide bonds. The summed E-state index contributed by atoms with van der Waals surface area (Å²) in [6.45, 7) is 2.02. The maximum absolute atomic E-state index is 15.6. The second-order valence-electron chi connectivity index (χ2n) is 9.00. The smallest absolute Gasteiger partial charge is 0.358 e. The van der Waals surface area contributed by atoms with Crippen LogP contribution >= 0.6 is 0 Å². The molecule has 6 rings (SSSR count). The molecule has 9 nitrogen and oxygen atoms in total. The van der Waals surface area contributed by atoms with Gasteiger partial charge in [0, 0.05) is 12.6 Å². The average molecular weight is 497 g/mol. The van der Waals surface area contributed by atoms with Crippen molar-refractivity contribution in [2.45, 2.75) is 44.7 Å². The van der Waals surface area contributed by atoms with E-state index in [0.717, 1.165) is 4.90 Å². The SMILES string of the molecule is CC1=C2NC(=O)NC(=O)[C@@]23Cc2cc(-c4noc(C)n4)c(F)c(F)c2N2C[C@@H](C(F)(F)F)O[C@@H]1[C@@H]23. The highest BCUT2D eigenvalue weighted by Crippen LogP contribution is 2.57. The molecule has 1 aromatic carbocycles. The first-order chi connectivity index (χ1) is 16.4. The molecular weight excluding hydrogens is 481 g/mol. The number of fused-ring (bicyclic) bond motifs is 2. The molecule has 3 aliphatic heterocycles. The fraction of sp³-hybridized carbons (Fsp3) is 0.429. The van der Waals surface area contributed by atoms with Crippen LogP contribution in [0.1, 0.15) is 18.4 Å². The van der Waals surface area contributed by atoms with Gasteiger partial charge >= 0.3 is 12.2 Å². The zero-order valence-electron chi connectivity index (χ0n) is 18.1. The molecule has 0 unspecified atom stereocenters. The molecule has 2 saturated heterocycles. The summed E-state index contributed by atoms with van der Waals surface area (Å²) in [5.74, 6) is -3.70. The fourth-order valence-corrected chi connectivity index (χ4v) is 5.74. The van der Waals surface area contributed by atoms with E-state index in [1.54, 1.807) is 0 Å². The Morgan fingerprint density at radius 1 is 1.17 bits per heavy atom. The zero-order chi connectivity index (χ0) is 25.0. The van der Waals surface area contributed by atoms with Crippen molar-refractivity contribution in [3.8, 4) is 11.4 Å². The van der Waals surface area contributed by atoms with Gasteiger partial charge in [-0.2, -0.15) is 18.2 Å². The summed E-state index contributed by atoms with van der Waals surface area (Å²) in [5, 5.41) is 8.30. The average Bonchev–Trinajstić information content (AvgIpc) is 3.31. The van der Waals surface area contributed by atoms with Crippen LogP contribution < -0.4 is 15.5 Å². The number of anilines is 1. The molecule has 14 heteroatoms. The Balaban J connectivity index is 1.61. The third kappa shape index (κ3) is 2.76.